The fourth-order valence-corrected chi connectivity index (χ4v) is 1.84. The van der Waals surface area contributed by atoms with Gasteiger partial charge in [0.15, 0.2) is 5.82 Å². The molecule has 2 heterocycles. The summed E-state index contributed by atoms with van der Waals surface area (Å²) in [5.74, 6) is 0.547. The highest BCUT2D eigenvalue weighted by Crippen LogP contribution is 2.08. The van der Waals surface area contributed by atoms with Crippen molar-refractivity contribution in [3.8, 4) is 0 Å². The van der Waals surface area contributed by atoms with Crippen LogP contribution in [0, 0.1) is 6.92 Å². The number of aromatic amines is 1. The van der Waals surface area contributed by atoms with Crippen LogP contribution in [0.25, 0.3) is 0 Å². The number of H-pyrrole nitrogens is 1. The van der Waals surface area contributed by atoms with Crippen molar-refractivity contribution in [2.24, 2.45) is 0 Å². The standard InChI is InChI=1S/C11H18N4O2/c1-8-7-10(14-13-8)12-11(16)9(2)15-3-5-17-6-4-15/h7,9H,3-6H2,1-2H3,(H2,12,13,14,16). The summed E-state index contributed by atoms with van der Waals surface area (Å²) in [6.45, 7) is 6.79. The molecule has 6 nitrogen and oxygen atoms in total. The van der Waals surface area contributed by atoms with E-state index in [2.05, 4.69) is 20.4 Å². The molecule has 1 atom stereocenters. The zero-order valence-electron chi connectivity index (χ0n) is 10.2. The Hall–Kier alpha value is -1.40. The number of aromatic nitrogens is 2. The van der Waals surface area contributed by atoms with Crippen molar-refractivity contribution in [3.63, 3.8) is 0 Å². The molecule has 0 aromatic carbocycles. The first-order valence-corrected chi connectivity index (χ1v) is 5.81. The quantitative estimate of drug-likeness (QED) is 0.798. The average molecular weight is 238 g/mol. The molecule has 94 valence electrons. The molecule has 2 rings (SSSR count). The molecule has 1 saturated heterocycles. The number of rotatable bonds is 3. The molecule has 6 heteroatoms. The number of hydrogen-bond acceptors (Lipinski definition) is 4. The summed E-state index contributed by atoms with van der Waals surface area (Å²) in [4.78, 5) is 14.1. The molecule has 1 unspecified atom stereocenters. The van der Waals surface area contributed by atoms with Crippen LogP contribution in [0.4, 0.5) is 5.82 Å². The number of morpholine rings is 1. The first kappa shape index (κ1) is 12.1. The first-order chi connectivity index (χ1) is 8.16. The lowest BCUT2D eigenvalue weighted by atomic mass is 10.2. The Labute approximate surface area is 100 Å². The van der Waals surface area contributed by atoms with Crippen LogP contribution >= 0.6 is 0 Å². The Morgan fingerprint density at radius 2 is 2.29 bits per heavy atom. The number of ether oxygens (including phenoxy) is 1. The molecule has 1 fully saturated rings. The highest BCUT2D eigenvalue weighted by atomic mass is 16.5. The van der Waals surface area contributed by atoms with Crippen LogP contribution in [-0.4, -0.2) is 53.3 Å². The van der Waals surface area contributed by atoms with E-state index in [1.807, 2.05) is 19.9 Å². The van der Waals surface area contributed by atoms with E-state index in [0.717, 1.165) is 18.8 Å². The number of nitrogens with one attached hydrogen (secondary N) is 2. The van der Waals surface area contributed by atoms with Crippen LogP contribution < -0.4 is 5.32 Å². The van der Waals surface area contributed by atoms with Crippen molar-refractivity contribution in [2.75, 3.05) is 31.6 Å². The molecule has 0 bridgehead atoms. The van der Waals surface area contributed by atoms with E-state index in [-0.39, 0.29) is 11.9 Å². The molecule has 1 aromatic rings. The van der Waals surface area contributed by atoms with Crippen LogP contribution in [0.5, 0.6) is 0 Å². The fourth-order valence-electron chi connectivity index (χ4n) is 1.84. The third-order valence-electron chi connectivity index (χ3n) is 2.93. The Bertz CT molecular complexity index is 385. The number of carbonyl (C=O) groups excluding carboxylic acids is 1. The molecule has 0 aliphatic carbocycles. The van der Waals surface area contributed by atoms with Crippen LogP contribution in [-0.2, 0) is 9.53 Å². The maximum Gasteiger partial charge on any atom is 0.242 e. The fraction of sp³-hybridized carbons (Fsp3) is 0.636. The Kier molecular flexibility index (Phi) is 3.75. The van der Waals surface area contributed by atoms with Crippen LogP contribution in [0.3, 0.4) is 0 Å². The van der Waals surface area contributed by atoms with Gasteiger partial charge in [-0.15, -0.1) is 0 Å². The molecular formula is C11H18N4O2. The summed E-state index contributed by atoms with van der Waals surface area (Å²) in [6, 6.07) is 1.65. The normalized spacial score (nSPS) is 18.9. The summed E-state index contributed by atoms with van der Waals surface area (Å²) in [5.41, 5.74) is 0.930. The molecule has 1 aliphatic heterocycles. The molecule has 2 N–H and O–H groups in total. The van der Waals surface area contributed by atoms with Gasteiger partial charge >= 0.3 is 0 Å². The second-order valence-corrected chi connectivity index (χ2v) is 4.25. The zero-order valence-corrected chi connectivity index (χ0v) is 10.2. The largest absolute Gasteiger partial charge is 0.379 e. The van der Waals surface area contributed by atoms with E-state index >= 15 is 0 Å². The van der Waals surface area contributed by atoms with Crippen molar-refractivity contribution in [1.82, 2.24) is 15.1 Å². The van der Waals surface area contributed by atoms with Gasteiger partial charge < -0.3 is 10.1 Å². The average Bonchev–Trinajstić information content (AvgIpc) is 2.75. The van der Waals surface area contributed by atoms with Gasteiger partial charge in [-0.05, 0) is 13.8 Å². The number of hydrogen-bond donors (Lipinski definition) is 2. The van der Waals surface area contributed by atoms with Gasteiger partial charge in [0.2, 0.25) is 5.91 Å². The summed E-state index contributed by atoms with van der Waals surface area (Å²) < 4.78 is 5.26. The second kappa shape index (κ2) is 5.29. The topological polar surface area (TPSA) is 70.2 Å². The molecule has 1 aliphatic rings. The van der Waals surface area contributed by atoms with E-state index in [0.29, 0.717) is 19.0 Å². The maximum atomic E-state index is 12.0. The van der Waals surface area contributed by atoms with E-state index in [9.17, 15) is 4.79 Å². The Morgan fingerprint density at radius 1 is 1.59 bits per heavy atom. The zero-order chi connectivity index (χ0) is 12.3. The lowest BCUT2D eigenvalue weighted by Crippen LogP contribution is -2.47. The molecular weight excluding hydrogens is 220 g/mol. The smallest absolute Gasteiger partial charge is 0.242 e. The summed E-state index contributed by atoms with van der Waals surface area (Å²) in [6.07, 6.45) is 0. The van der Waals surface area contributed by atoms with Crippen molar-refractivity contribution >= 4 is 11.7 Å². The minimum Gasteiger partial charge on any atom is -0.379 e. The van der Waals surface area contributed by atoms with Crippen molar-refractivity contribution in [3.05, 3.63) is 11.8 Å². The maximum absolute atomic E-state index is 12.0. The third kappa shape index (κ3) is 3.04. The van der Waals surface area contributed by atoms with E-state index in [1.54, 1.807) is 0 Å². The monoisotopic (exact) mass is 238 g/mol. The summed E-state index contributed by atoms with van der Waals surface area (Å²) in [7, 11) is 0. The summed E-state index contributed by atoms with van der Waals surface area (Å²) >= 11 is 0. The van der Waals surface area contributed by atoms with Gasteiger partial charge in [-0.2, -0.15) is 5.10 Å². The van der Waals surface area contributed by atoms with Gasteiger partial charge in [0, 0.05) is 24.8 Å². The molecule has 17 heavy (non-hydrogen) atoms. The van der Waals surface area contributed by atoms with E-state index < -0.39 is 0 Å². The lowest BCUT2D eigenvalue weighted by molar-refractivity contribution is -0.122. The van der Waals surface area contributed by atoms with Gasteiger partial charge in [0.05, 0.1) is 19.3 Å². The second-order valence-electron chi connectivity index (χ2n) is 4.25. The Balaban J connectivity index is 1.90. The SMILES string of the molecule is Cc1cc(NC(=O)C(C)N2CCOCC2)n[nH]1. The van der Waals surface area contributed by atoms with E-state index in [1.165, 1.54) is 0 Å². The number of anilines is 1. The molecule has 0 radical (unpaired) electrons. The highest BCUT2D eigenvalue weighted by molar-refractivity contribution is 5.93. The first-order valence-electron chi connectivity index (χ1n) is 5.81. The van der Waals surface area contributed by atoms with Crippen LogP contribution in [0.15, 0.2) is 6.07 Å². The lowest BCUT2D eigenvalue weighted by Gasteiger charge is -2.31. The number of nitrogens with zero attached hydrogens (tertiary/aromatic N) is 2. The molecule has 1 aromatic heterocycles. The predicted octanol–water partition coefficient (Wildman–Crippen LogP) is 0.377. The summed E-state index contributed by atoms with van der Waals surface area (Å²) in [5, 5.41) is 9.57. The number of carbonyl (C=O) groups is 1. The number of aryl methyl sites for hydroxylation is 1. The van der Waals surface area contributed by atoms with Gasteiger partial charge in [-0.3, -0.25) is 14.8 Å². The van der Waals surface area contributed by atoms with Gasteiger partial charge in [-0.1, -0.05) is 0 Å². The third-order valence-corrected chi connectivity index (χ3v) is 2.93. The van der Waals surface area contributed by atoms with Crippen molar-refractivity contribution in [1.29, 1.82) is 0 Å². The van der Waals surface area contributed by atoms with Gasteiger partial charge in [0.25, 0.3) is 0 Å². The van der Waals surface area contributed by atoms with E-state index in [4.69, 9.17) is 4.74 Å². The predicted molar refractivity (Wildman–Crippen MR) is 63.8 cm³/mol. The van der Waals surface area contributed by atoms with Crippen molar-refractivity contribution in [2.45, 2.75) is 19.9 Å². The highest BCUT2D eigenvalue weighted by Gasteiger charge is 2.23. The minimum atomic E-state index is -0.157. The molecule has 0 spiro atoms. The Morgan fingerprint density at radius 3 is 2.88 bits per heavy atom. The van der Waals surface area contributed by atoms with Gasteiger partial charge in [-0.25, -0.2) is 0 Å². The minimum absolute atomic E-state index is 0.0293. The van der Waals surface area contributed by atoms with Crippen LogP contribution in [0.1, 0.15) is 12.6 Å². The van der Waals surface area contributed by atoms with Gasteiger partial charge in [0.1, 0.15) is 0 Å². The van der Waals surface area contributed by atoms with Crippen molar-refractivity contribution < 1.29 is 9.53 Å². The molecule has 0 saturated carbocycles. The van der Waals surface area contributed by atoms with Crippen LogP contribution in [0.2, 0.25) is 0 Å². The number of amides is 1. The molecule has 1 amide bonds.